The summed E-state index contributed by atoms with van der Waals surface area (Å²) in [6, 6.07) is 0. The van der Waals surface area contributed by atoms with E-state index in [0.717, 1.165) is 23.7 Å². The van der Waals surface area contributed by atoms with Crippen molar-refractivity contribution in [2.24, 2.45) is 29.1 Å². The van der Waals surface area contributed by atoms with E-state index >= 15 is 0 Å². The maximum absolute atomic E-state index is 6.74. The van der Waals surface area contributed by atoms with Gasteiger partial charge in [0.05, 0.1) is 5.60 Å². The first kappa shape index (κ1) is 11.0. The Morgan fingerprint density at radius 2 is 1.71 bits per heavy atom. The third-order valence-electron chi connectivity index (χ3n) is 6.54. The van der Waals surface area contributed by atoms with Gasteiger partial charge in [-0.05, 0) is 69.0 Å². The molecule has 0 unspecified atom stereocenters. The van der Waals surface area contributed by atoms with E-state index in [2.05, 4.69) is 26.6 Å². The van der Waals surface area contributed by atoms with Crippen molar-refractivity contribution in [2.45, 2.75) is 64.3 Å². The fourth-order valence-electron chi connectivity index (χ4n) is 6.18. The molecule has 4 fully saturated rings. The summed E-state index contributed by atoms with van der Waals surface area (Å²) in [7, 11) is -1.38. The Kier molecular flexibility index (Phi) is 1.85. The van der Waals surface area contributed by atoms with Crippen LogP contribution in [0.25, 0.3) is 0 Å². The Bertz CT molecular complexity index is 374. The highest BCUT2D eigenvalue weighted by Crippen LogP contribution is 2.82. The smallest absolute Gasteiger partial charge is 0.184 e. The van der Waals surface area contributed by atoms with Crippen molar-refractivity contribution in [1.29, 1.82) is 0 Å². The molecule has 1 nitrogen and oxygen atoms in total. The van der Waals surface area contributed by atoms with E-state index in [9.17, 15) is 0 Å². The summed E-state index contributed by atoms with van der Waals surface area (Å²) < 4.78 is 6.74. The molecule has 4 aliphatic rings. The predicted molar refractivity (Wildman–Crippen MR) is 72.3 cm³/mol. The lowest BCUT2D eigenvalue weighted by Gasteiger charge is -2.39. The largest absolute Gasteiger partial charge is 0.411 e. The Balaban J connectivity index is 1.68. The summed E-state index contributed by atoms with van der Waals surface area (Å²) in [4.78, 5) is 0. The first-order valence-corrected chi connectivity index (χ1v) is 11.0. The zero-order valence-electron chi connectivity index (χ0n) is 11.8. The van der Waals surface area contributed by atoms with Gasteiger partial charge in [-0.3, -0.25) is 0 Å². The van der Waals surface area contributed by atoms with Gasteiger partial charge in [0.15, 0.2) is 8.32 Å². The minimum Gasteiger partial charge on any atom is -0.411 e. The van der Waals surface area contributed by atoms with Crippen LogP contribution in [0.5, 0.6) is 0 Å². The monoisotopic (exact) mass is 250 g/mol. The molecule has 4 aliphatic carbocycles. The van der Waals surface area contributed by atoms with Crippen LogP contribution >= 0.6 is 0 Å². The summed E-state index contributed by atoms with van der Waals surface area (Å²) in [6.45, 7) is 9.67. The Morgan fingerprint density at radius 3 is 2.35 bits per heavy atom. The van der Waals surface area contributed by atoms with Crippen LogP contribution in [0.2, 0.25) is 19.6 Å². The van der Waals surface area contributed by atoms with Crippen LogP contribution in [0.15, 0.2) is 0 Å². The van der Waals surface area contributed by atoms with Crippen molar-refractivity contribution < 1.29 is 4.43 Å². The van der Waals surface area contributed by atoms with Crippen LogP contribution in [0.3, 0.4) is 0 Å². The molecule has 4 rings (SSSR count). The van der Waals surface area contributed by atoms with Crippen LogP contribution in [-0.2, 0) is 4.43 Å². The highest BCUT2D eigenvalue weighted by molar-refractivity contribution is 6.69. The molecule has 6 atom stereocenters. The maximum Gasteiger partial charge on any atom is 0.184 e. The van der Waals surface area contributed by atoms with Gasteiger partial charge >= 0.3 is 0 Å². The predicted octanol–water partition coefficient (Wildman–Crippen LogP) is 4.05. The molecule has 4 saturated carbocycles. The highest BCUT2D eigenvalue weighted by Gasteiger charge is 2.82. The second-order valence-electron chi connectivity index (χ2n) is 8.41. The highest BCUT2D eigenvalue weighted by atomic mass is 28.4. The van der Waals surface area contributed by atoms with Gasteiger partial charge in [-0.1, -0.05) is 13.3 Å². The second kappa shape index (κ2) is 2.85. The molecule has 0 radical (unpaired) electrons. The third kappa shape index (κ3) is 1.15. The van der Waals surface area contributed by atoms with Crippen molar-refractivity contribution in [3.8, 4) is 0 Å². The normalized spacial score (nSPS) is 59.3. The minimum atomic E-state index is -1.38. The van der Waals surface area contributed by atoms with Gasteiger partial charge in [0, 0.05) is 5.41 Å². The van der Waals surface area contributed by atoms with Crippen molar-refractivity contribution in [2.75, 3.05) is 0 Å². The molecular weight excluding hydrogens is 224 g/mol. The summed E-state index contributed by atoms with van der Waals surface area (Å²) in [5, 5.41) is 0. The first-order valence-electron chi connectivity index (χ1n) is 7.58. The fraction of sp³-hybridized carbons (Fsp3) is 1.00. The minimum absolute atomic E-state index is 0.355. The number of fused-ring (bicyclic) bond motifs is 8. The maximum atomic E-state index is 6.74. The van der Waals surface area contributed by atoms with E-state index in [4.69, 9.17) is 4.43 Å². The lowest BCUT2D eigenvalue weighted by molar-refractivity contribution is 0.0271. The molecule has 0 aromatic carbocycles. The van der Waals surface area contributed by atoms with Crippen LogP contribution in [0.4, 0.5) is 0 Å². The molecule has 17 heavy (non-hydrogen) atoms. The summed E-state index contributed by atoms with van der Waals surface area (Å²) in [6.07, 6.45) is 7.45. The zero-order chi connectivity index (χ0) is 12.1. The third-order valence-corrected chi connectivity index (χ3v) is 7.52. The lowest BCUT2D eigenvalue weighted by Crippen LogP contribution is -2.43. The molecule has 0 spiro atoms. The van der Waals surface area contributed by atoms with Gasteiger partial charge in [0.25, 0.3) is 0 Å². The van der Waals surface area contributed by atoms with E-state index in [1.165, 1.54) is 32.1 Å². The summed E-state index contributed by atoms with van der Waals surface area (Å²) in [5.74, 6) is 4.10. The van der Waals surface area contributed by atoms with Gasteiger partial charge in [0.1, 0.15) is 0 Å². The molecule has 2 heteroatoms. The molecular formula is C15H26OSi. The van der Waals surface area contributed by atoms with Crippen LogP contribution < -0.4 is 0 Å². The average molecular weight is 250 g/mol. The number of rotatable bonds is 2. The van der Waals surface area contributed by atoms with Gasteiger partial charge in [-0.2, -0.15) is 0 Å². The number of hydrogen-bond donors (Lipinski definition) is 0. The Morgan fingerprint density at radius 1 is 1.06 bits per heavy atom. The van der Waals surface area contributed by atoms with Crippen LogP contribution in [0.1, 0.15) is 39.0 Å². The van der Waals surface area contributed by atoms with E-state index in [1.807, 2.05) is 0 Å². The molecule has 0 N–H and O–H groups in total. The quantitative estimate of drug-likeness (QED) is 0.672. The topological polar surface area (TPSA) is 9.23 Å². The Hall–Kier alpha value is 0.177. The molecule has 96 valence electrons. The Labute approximate surface area is 106 Å². The van der Waals surface area contributed by atoms with Crippen molar-refractivity contribution in [1.82, 2.24) is 0 Å². The fourth-order valence-corrected chi connectivity index (χ4v) is 7.73. The van der Waals surface area contributed by atoms with Gasteiger partial charge < -0.3 is 4.43 Å². The van der Waals surface area contributed by atoms with Crippen molar-refractivity contribution in [3.63, 3.8) is 0 Å². The van der Waals surface area contributed by atoms with Crippen LogP contribution in [0, 0.1) is 29.1 Å². The number of hydrogen-bond acceptors (Lipinski definition) is 1. The molecule has 0 aliphatic heterocycles. The van der Waals surface area contributed by atoms with Gasteiger partial charge in [0.2, 0.25) is 0 Å². The molecule has 0 saturated heterocycles. The summed E-state index contributed by atoms with van der Waals surface area (Å²) in [5.41, 5.74) is 0.942. The molecule has 0 aromatic heterocycles. The SMILES string of the molecule is C[C@@]12C[C@]1(O[Si](C)(C)C)[C@@H]1C[C@H]2[C@H]2CCC[C@H]21. The van der Waals surface area contributed by atoms with Gasteiger partial charge in [-0.15, -0.1) is 0 Å². The lowest BCUT2D eigenvalue weighted by atomic mass is 9.75. The standard InChI is InChI=1S/C15H26OSi/c1-14-9-15(14,16-17(2,3)4)13-8-12(14)10-6-5-7-11(10)13/h10-13H,5-9H2,1-4H3/t10-,11+,12-,13+,14-,15-/m0/s1. The van der Waals surface area contributed by atoms with Crippen molar-refractivity contribution >= 4 is 8.32 Å². The second-order valence-corrected chi connectivity index (χ2v) is 12.8. The zero-order valence-corrected chi connectivity index (χ0v) is 12.8. The average Bonchev–Trinajstić information content (AvgIpc) is 2.53. The van der Waals surface area contributed by atoms with E-state index in [0.29, 0.717) is 11.0 Å². The van der Waals surface area contributed by atoms with E-state index < -0.39 is 8.32 Å². The molecule has 0 heterocycles. The van der Waals surface area contributed by atoms with Crippen molar-refractivity contribution in [3.05, 3.63) is 0 Å². The van der Waals surface area contributed by atoms with Crippen LogP contribution in [-0.4, -0.2) is 13.9 Å². The van der Waals surface area contributed by atoms with E-state index in [1.54, 1.807) is 0 Å². The molecule has 0 amide bonds. The first-order chi connectivity index (χ1) is 7.87. The summed E-state index contributed by atoms with van der Waals surface area (Å²) >= 11 is 0. The van der Waals surface area contributed by atoms with Gasteiger partial charge in [-0.25, -0.2) is 0 Å². The molecule has 0 aromatic rings. The molecule has 2 bridgehead atoms. The van der Waals surface area contributed by atoms with E-state index in [-0.39, 0.29) is 0 Å².